The number of benzene rings is 1. The van der Waals surface area contributed by atoms with Crippen LogP contribution in [0.2, 0.25) is 0 Å². The van der Waals surface area contributed by atoms with Crippen molar-refractivity contribution < 1.29 is 24.1 Å². The Kier molecular flexibility index (Phi) is 6.72. The third kappa shape index (κ3) is 5.13. The molecule has 2 aromatic heterocycles. The molecule has 3 aromatic rings. The van der Waals surface area contributed by atoms with Crippen molar-refractivity contribution in [1.82, 2.24) is 19.5 Å². The average molecular weight is 472 g/mol. The van der Waals surface area contributed by atoms with Crippen molar-refractivity contribution in [3.05, 3.63) is 42.5 Å². The molecule has 4 rings (SSSR count). The van der Waals surface area contributed by atoms with Crippen molar-refractivity contribution in [1.29, 1.82) is 0 Å². The molecule has 9 nitrogen and oxygen atoms in total. The number of aliphatic hydroxyl groups excluding tert-OH is 1. The van der Waals surface area contributed by atoms with Gasteiger partial charge in [-0.15, -0.1) is 0 Å². The number of ether oxygens (including phenoxy) is 1. The van der Waals surface area contributed by atoms with Crippen LogP contribution in [0.3, 0.4) is 0 Å². The van der Waals surface area contributed by atoms with Crippen LogP contribution >= 0.6 is 0 Å². The highest BCUT2D eigenvalue weighted by Crippen LogP contribution is 2.31. The van der Waals surface area contributed by atoms with Gasteiger partial charge in [0.15, 0.2) is 5.65 Å². The second-order valence-electron chi connectivity index (χ2n) is 9.45. The summed E-state index contributed by atoms with van der Waals surface area (Å²) < 4.78 is 21.8. The number of hydrogen-bond donors (Lipinski definition) is 2. The molecule has 1 aliphatic rings. The van der Waals surface area contributed by atoms with E-state index in [2.05, 4.69) is 15.0 Å². The first kappa shape index (κ1) is 23.9. The molecule has 0 unspecified atom stereocenters. The number of aliphatic hydroxyl groups is 1. The van der Waals surface area contributed by atoms with Gasteiger partial charge in [-0.25, -0.2) is 18.7 Å². The summed E-state index contributed by atoms with van der Waals surface area (Å²) in [5, 5.41) is 23.5. The first-order valence-corrected chi connectivity index (χ1v) is 11.3. The van der Waals surface area contributed by atoms with Gasteiger partial charge in [-0.05, 0) is 64.4 Å². The Bertz CT molecular complexity index is 1170. The van der Waals surface area contributed by atoms with Crippen molar-refractivity contribution in [3.63, 3.8) is 0 Å². The fourth-order valence-corrected chi connectivity index (χ4v) is 4.23. The minimum Gasteiger partial charge on any atom is -0.508 e. The van der Waals surface area contributed by atoms with Gasteiger partial charge in [-0.2, -0.15) is 5.10 Å². The lowest BCUT2D eigenvalue weighted by atomic mass is 10.0. The number of carbonyl (C=O) groups excluding carboxylic acids is 1. The summed E-state index contributed by atoms with van der Waals surface area (Å²) in [6, 6.07) is 5.24. The van der Waals surface area contributed by atoms with Crippen molar-refractivity contribution in [2.75, 3.05) is 31.1 Å². The molecule has 2 N–H and O–H groups in total. The summed E-state index contributed by atoms with van der Waals surface area (Å²) in [5.74, 6) is -0.232. The molecular weight excluding hydrogens is 441 g/mol. The van der Waals surface area contributed by atoms with Crippen LogP contribution in [0.1, 0.15) is 33.6 Å². The molecule has 0 aliphatic carbocycles. The Morgan fingerprint density at radius 2 is 2.09 bits per heavy atom. The summed E-state index contributed by atoms with van der Waals surface area (Å²) >= 11 is 0. The van der Waals surface area contributed by atoms with Crippen molar-refractivity contribution in [2.45, 2.75) is 45.3 Å². The van der Waals surface area contributed by atoms with Crippen LogP contribution in [-0.4, -0.2) is 73.7 Å². The molecule has 1 aliphatic heterocycles. The highest BCUT2D eigenvalue weighted by atomic mass is 19.1. The van der Waals surface area contributed by atoms with Crippen LogP contribution in [0.5, 0.6) is 5.75 Å². The number of anilines is 1. The number of fused-ring (bicyclic) bond motifs is 1. The van der Waals surface area contributed by atoms with Gasteiger partial charge in [-0.3, -0.25) is 9.80 Å². The Morgan fingerprint density at radius 1 is 1.29 bits per heavy atom. The highest BCUT2D eigenvalue weighted by Gasteiger charge is 2.34. The Hall–Kier alpha value is -3.24. The number of aromatic hydroxyl groups is 1. The van der Waals surface area contributed by atoms with E-state index in [1.807, 2.05) is 0 Å². The SMILES string of the molecule is CC(C)(C)OC(=O)N(c1ccn2ncc(-c3cc(O)ccc3F)c2n1)[C@H]1CCCN(CCO)C1. The van der Waals surface area contributed by atoms with Crippen LogP contribution in [0.25, 0.3) is 16.8 Å². The van der Waals surface area contributed by atoms with Crippen LogP contribution in [-0.2, 0) is 4.74 Å². The van der Waals surface area contributed by atoms with Gasteiger partial charge in [0.25, 0.3) is 0 Å². The number of phenolic OH excluding ortho intramolecular Hbond substituents is 1. The predicted molar refractivity (Wildman–Crippen MR) is 125 cm³/mol. The highest BCUT2D eigenvalue weighted by molar-refractivity contribution is 5.88. The van der Waals surface area contributed by atoms with E-state index in [-0.39, 0.29) is 24.0 Å². The van der Waals surface area contributed by atoms with E-state index >= 15 is 0 Å². The van der Waals surface area contributed by atoms with Crippen LogP contribution in [0.4, 0.5) is 15.0 Å². The average Bonchev–Trinajstić information content (AvgIpc) is 3.18. The zero-order chi connectivity index (χ0) is 24.5. The van der Waals surface area contributed by atoms with E-state index in [1.165, 1.54) is 28.9 Å². The third-order valence-electron chi connectivity index (χ3n) is 5.69. The third-order valence-corrected chi connectivity index (χ3v) is 5.69. The molecule has 0 saturated carbocycles. The van der Waals surface area contributed by atoms with Crippen molar-refractivity contribution in [3.8, 4) is 16.9 Å². The second-order valence-corrected chi connectivity index (χ2v) is 9.45. The van der Waals surface area contributed by atoms with Gasteiger partial charge in [0, 0.05) is 30.4 Å². The minimum atomic E-state index is -0.703. The van der Waals surface area contributed by atoms with E-state index in [9.17, 15) is 19.4 Å². The Balaban J connectivity index is 1.77. The van der Waals surface area contributed by atoms with Gasteiger partial charge < -0.3 is 14.9 Å². The lowest BCUT2D eigenvalue weighted by molar-refractivity contribution is 0.0539. The molecule has 0 bridgehead atoms. The molecule has 1 amide bonds. The topological polar surface area (TPSA) is 103 Å². The van der Waals surface area contributed by atoms with Crippen molar-refractivity contribution >= 4 is 17.6 Å². The van der Waals surface area contributed by atoms with E-state index in [0.717, 1.165) is 19.4 Å². The number of β-amino-alcohol motifs (C(OH)–C–C–N with tert-alkyl or cyclic N) is 1. The summed E-state index contributed by atoms with van der Waals surface area (Å²) in [6.07, 6.45) is 4.23. The number of carbonyl (C=O) groups is 1. The molecule has 10 heteroatoms. The Labute approximate surface area is 197 Å². The molecule has 3 heterocycles. The maximum Gasteiger partial charge on any atom is 0.416 e. The number of hydrogen-bond acceptors (Lipinski definition) is 7. The summed E-state index contributed by atoms with van der Waals surface area (Å²) in [6.45, 7) is 7.39. The number of phenols is 1. The zero-order valence-electron chi connectivity index (χ0n) is 19.6. The van der Waals surface area contributed by atoms with E-state index < -0.39 is 17.5 Å². The number of halogens is 1. The second kappa shape index (κ2) is 9.55. The summed E-state index contributed by atoms with van der Waals surface area (Å²) in [4.78, 5) is 21.7. The molecule has 1 aromatic carbocycles. The first-order valence-electron chi connectivity index (χ1n) is 11.3. The minimum absolute atomic E-state index is 0.0397. The number of amides is 1. The van der Waals surface area contributed by atoms with Crippen LogP contribution in [0, 0.1) is 5.82 Å². The number of aromatic nitrogens is 3. The molecule has 1 fully saturated rings. The largest absolute Gasteiger partial charge is 0.508 e. The zero-order valence-corrected chi connectivity index (χ0v) is 19.6. The Morgan fingerprint density at radius 3 is 2.82 bits per heavy atom. The fraction of sp³-hybridized carbons (Fsp3) is 0.458. The van der Waals surface area contributed by atoms with Crippen molar-refractivity contribution in [2.24, 2.45) is 0 Å². The van der Waals surface area contributed by atoms with Gasteiger partial charge in [0.2, 0.25) is 0 Å². The molecule has 182 valence electrons. The monoisotopic (exact) mass is 471 g/mol. The maximum absolute atomic E-state index is 14.6. The first-order chi connectivity index (χ1) is 16.2. The smallest absolute Gasteiger partial charge is 0.416 e. The molecule has 1 saturated heterocycles. The molecule has 1 atom stereocenters. The maximum atomic E-state index is 14.6. The molecule has 0 spiro atoms. The molecule has 34 heavy (non-hydrogen) atoms. The van der Waals surface area contributed by atoms with Gasteiger partial charge in [-0.1, -0.05) is 0 Å². The van der Waals surface area contributed by atoms with Gasteiger partial charge in [0.05, 0.1) is 18.8 Å². The predicted octanol–water partition coefficient (Wildman–Crippen LogP) is 3.44. The standard InChI is InChI=1S/C24H30FN5O4/c1-24(2,3)34-23(33)30(16-5-4-9-28(15-16)11-12-31)21-8-10-29-22(27-21)19(14-26-29)18-13-17(32)6-7-20(18)25/h6-8,10,13-14,16,31-32H,4-5,9,11-12,15H2,1-3H3/t16-/m0/s1. The van der Waals surface area contributed by atoms with E-state index in [4.69, 9.17) is 4.74 Å². The van der Waals surface area contributed by atoms with E-state index in [0.29, 0.717) is 30.1 Å². The lowest BCUT2D eigenvalue weighted by Crippen LogP contribution is -2.52. The number of rotatable bonds is 5. The van der Waals surface area contributed by atoms with Crippen LogP contribution < -0.4 is 4.90 Å². The van der Waals surface area contributed by atoms with Crippen LogP contribution in [0.15, 0.2) is 36.7 Å². The van der Waals surface area contributed by atoms with Gasteiger partial charge >= 0.3 is 6.09 Å². The summed E-state index contributed by atoms with van der Waals surface area (Å²) in [7, 11) is 0. The quantitative estimate of drug-likeness (QED) is 0.588. The molecule has 0 radical (unpaired) electrons. The normalized spacial score (nSPS) is 17.1. The number of piperidine rings is 1. The van der Waals surface area contributed by atoms with Gasteiger partial charge in [0.1, 0.15) is 23.0 Å². The fourth-order valence-electron chi connectivity index (χ4n) is 4.23. The number of likely N-dealkylation sites (tertiary alicyclic amines) is 1. The lowest BCUT2D eigenvalue weighted by Gasteiger charge is -2.39. The van der Waals surface area contributed by atoms with E-state index in [1.54, 1.807) is 37.9 Å². The summed E-state index contributed by atoms with van der Waals surface area (Å²) in [5.41, 5.74) is 0.199. The number of nitrogens with zero attached hydrogens (tertiary/aromatic N) is 5. The molecular formula is C24H30FN5O4.